The van der Waals surface area contributed by atoms with Crippen LogP contribution in [0.3, 0.4) is 0 Å². The summed E-state index contributed by atoms with van der Waals surface area (Å²) in [4.78, 5) is 6.90. The summed E-state index contributed by atoms with van der Waals surface area (Å²) in [6.45, 7) is 5.46. The predicted molar refractivity (Wildman–Crippen MR) is 118 cm³/mol. The summed E-state index contributed by atoms with van der Waals surface area (Å²) in [6, 6.07) is 16.4. The fraction of sp³-hybridized carbons (Fsp3) is 0.375. The molecule has 6 nitrogen and oxygen atoms in total. The summed E-state index contributed by atoms with van der Waals surface area (Å²) in [5.74, 6) is 1.96. The molecule has 1 fully saturated rings. The standard InChI is InChI=1S/C24H28N4O2/c1-23(2)15-24(23,17-10-7-6-8-11-17)16-28(3)22-26-18(14-25-27-22)21-19(29-4)12-9-13-20(21)30-5/h6-14H,15-16H2,1-5H3/t24-/m0/s1. The average molecular weight is 405 g/mol. The summed E-state index contributed by atoms with van der Waals surface area (Å²) < 4.78 is 11.1. The van der Waals surface area contributed by atoms with Crippen LogP contribution in [0.25, 0.3) is 11.3 Å². The highest BCUT2D eigenvalue weighted by Gasteiger charge is 2.62. The number of anilines is 1. The lowest BCUT2D eigenvalue weighted by Gasteiger charge is -2.27. The van der Waals surface area contributed by atoms with E-state index in [4.69, 9.17) is 14.5 Å². The third kappa shape index (κ3) is 3.36. The van der Waals surface area contributed by atoms with Gasteiger partial charge in [0.05, 0.1) is 26.0 Å². The molecule has 1 aromatic heterocycles. The Morgan fingerprint density at radius 3 is 2.17 bits per heavy atom. The van der Waals surface area contributed by atoms with Crippen molar-refractivity contribution < 1.29 is 9.47 Å². The third-order valence-electron chi connectivity index (χ3n) is 6.32. The Kier molecular flexibility index (Phi) is 5.10. The van der Waals surface area contributed by atoms with Gasteiger partial charge in [0.1, 0.15) is 17.2 Å². The van der Waals surface area contributed by atoms with Crippen molar-refractivity contribution in [1.82, 2.24) is 15.2 Å². The van der Waals surface area contributed by atoms with E-state index in [1.807, 2.05) is 25.2 Å². The lowest BCUT2D eigenvalue weighted by molar-refractivity contribution is 0.397. The Hall–Kier alpha value is -3.15. The van der Waals surface area contributed by atoms with Crippen molar-refractivity contribution in [3.63, 3.8) is 0 Å². The van der Waals surface area contributed by atoms with Gasteiger partial charge in [0, 0.05) is 19.0 Å². The van der Waals surface area contributed by atoms with Crippen molar-refractivity contribution in [2.45, 2.75) is 25.7 Å². The molecule has 1 aliphatic carbocycles. The molecule has 6 heteroatoms. The van der Waals surface area contributed by atoms with Crippen molar-refractivity contribution in [3.05, 3.63) is 60.3 Å². The van der Waals surface area contributed by atoms with Gasteiger partial charge in [-0.05, 0) is 29.5 Å². The first kappa shape index (κ1) is 20.1. The van der Waals surface area contributed by atoms with Crippen LogP contribution in [-0.2, 0) is 5.41 Å². The zero-order chi connectivity index (χ0) is 21.4. The topological polar surface area (TPSA) is 60.4 Å². The van der Waals surface area contributed by atoms with E-state index in [-0.39, 0.29) is 10.8 Å². The second kappa shape index (κ2) is 7.59. The molecule has 3 aromatic rings. The molecule has 0 unspecified atom stereocenters. The minimum absolute atomic E-state index is 0.0739. The quantitative estimate of drug-likeness (QED) is 0.583. The highest BCUT2D eigenvalue weighted by Crippen LogP contribution is 2.64. The first-order valence-corrected chi connectivity index (χ1v) is 10.1. The van der Waals surface area contributed by atoms with E-state index >= 15 is 0 Å². The maximum Gasteiger partial charge on any atom is 0.245 e. The van der Waals surface area contributed by atoms with Crippen molar-refractivity contribution in [2.24, 2.45) is 5.41 Å². The third-order valence-corrected chi connectivity index (χ3v) is 6.32. The van der Waals surface area contributed by atoms with Crippen LogP contribution in [0.5, 0.6) is 11.5 Å². The number of benzene rings is 2. The van der Waals surface area contributed by atoms with Gasteiger partial charge in [-0.25, -0.2) is 4.98 Å². The molecule has 2 aromatic carbocycles. The molecule has 0 spiro atoms. The Morgan fingerprint density at radius 1 is 0.967 bits per heavy atom. The van der Waals surface area contributed by atoms with Crippen LogP contribution in [0.1, 0.15) is 25.8 Å². The van der Waals surface area contributed by atoms with Gasteiger partial charge in [0.2, 0.25) is 5.95 Å². The number of hydrogen-bond donors (Lipinski definition) is 0. The molecule has 0 bridgehead atoms. The lowest BCUT2D eigenvalue weighted by atomic mass is 9.87. The molecular formula is C24H28N4O2. The van der Waals surface area contributed by atoms with E-state index in [2.05, 4.69) is 59.3 Å². The van der Waals surface area contributed by atoms with Crippen molar-refractivity contribution in [3.8, 4) is 22.8 Å². The zero-order valence-electron chi connectivity index (χ0n) is 18.2. The Labute approximate surface area is 177 Å². The smallest absolute Gasteiger partial charge is 0.245 e. The van der Waals surface area contributed by atoms with Gasteiger partial charge in [-0.3, -0.25) is 0 Å². The number of rotatable bonds is 7. The molecule has 1 heterocycles. The average Bonchev–Trinajstić information content (AvgIpc) is 3.34. The van der Waals surface area contributed by atoms with Gasteiger partial charge in [0.25, 0.3) is 0 Å². The first-order chi connectivity index (χ1) is 14.4. The van der Waals surface area contributed by atoms with E-state index in [1.54, 1.807) is 20.4 Å². The van der Waals surface area contributed by atoms with E-state index in [9.17, 15) is 0 Å². The predicted octanol–water partition coefficient (Wildman–Crippen LogP) is 4.36. The van der Waals surface area contributed by atoms with Crippen LogP contribution in [-0.4, -0.2) is 43.0 Å². The molecule has 4 rings (SSSR count). The number of ether oxygens (including phenoxy) is 2. The van der Waals surface area contributed by atoms with Crippen LogP contribution >= 0.6 is 0 Å². The van der Waals surface area contributed by atoms with Crippen molar-refractivity contribution in [1.29, 1.82) is 0 Å². The molecule has 0 amide bonds. The molecule has 0 aliphatic heterocycles. The van der Waals surface area contributed by atoms with E-state index in [1.165, 1.54) is 5.56 Å². The second-order valence-electron chi connectivity index (χ2n) is 8.54. The van der Waals surface area contributed by atoms with Gasteiger partial charge in [-0.1, -0.05) is 50.2 Å². The summed E-state index contributed by atoms with van der Waals surface area (Å²) in [5.41, 5.74) is 3.10. The summed E-state index contributed by atoms with van der Waals surface area (Å²) in [5, 5.41) is 8.54. The highest BCUT2D eigenvalue weighted by molar-refractivity contribution is 5.74. The fourth-order valence-electron chi connectivity index (χ4n) is 4.48. The number of aromatic nitrogens is 3. The van der Waals surface area contributed by atoms with Gasteiger partial charge < -0.3 is 14.4 Å². The monoisotopic (exact) mass is 404 g/mol. The molecule has 30 heavy (non-hydrogen) atoms. The molecule has 1 saturated carbocycles. The number of methoxy groups -OCH3 is 2. The summed E-state index contributed by atoms with van der Waals surface area (Å²) in [7, 11) is 5.30. The van der Waals surface area contributed by atoms with Crippen molar-refractivity contribution in [2.75, 3.05) is 32.7 Å². The number of hydrogen-bond acceptors (Lipinski definition) is 6. The van der Waals surface area contributed by atoms with Gasteiger partial charge in [-0.2, -0.15) is 5.10 Å². The minimum atomic E-state index is 0.0739. The molecule has 0 radical (unpaired) electrons. The molecule has 0 saturated heterocycles. The highest BCUT2D eigenvalue weighted by atomic mass is 16.5. The molecule has 156 valence electrons. The Balaban J connectivity index is 1.67. The summed E-state index contributed by atoms with van der Waals surface area (Å²) in [6.07, 6.45) is 2.77. The normalized spacial score (nSPS) is 19.2. The number of likely N-dealkylation sites (N-methyl/N-ethyl adjacent to an activating group) is 1. The van der Waals surface area contributed by atoms with Crippen LogP contribution in [0, 0.1) is 5.41 Å². The van der Waals surface area contributed by atoms with Gasteiger partial charge in [-0.15, -0.1) is 5.10 Å². The van der Waals surface area contributed by atoms with E-state index in [0.717, 1.165) is 18.5 Å². The summed E-state index contributed by atoms with van der Waals surface area (Å²) >= 11 is 0. The van der Waals surface area contributed by atoms with Gasteiger partial charge in [0.15, 0.2) is 0 Å². The first-order valence-electron chi connectivity index (χ1n) is 10.1. The van der Waals surface area contributed by atoms with Gasteiger partial charge >= 0.3 is 0 Å². The fourth-order valence-corrected chi connectivity index (χ4v) is 4.48. The molecule has 1 aliphatic rings. The maximum absolute atomic E-state index is 5.54. The zero-order valence-corrected chi connectivity index (χ0v) is 18.2. The molecule has 0 N–H and O–H groups in total. The van der Waals surface area contributed by atoms with Crippen LogP contribution < -0.4 is 14.4 Å². The molecule has 1 atom stereocenters. The second-order valence-corrected chi connectivity index (χ2v) is 8.54. The SMILES string of the molecule is COc1cccc(OC)c1-c1cnnc(N(C)C[C@]2(c3ccccc3)CC2(C)C)n1. The minimum Gasteiger partial charge on any atom is -0.496 e. The van der Waals surface area contributed by atoms with E-state index in [0.29, 0.717) is 23.1 Å². The van der Waals surface area contributed by atoms with Crippen LogP contribution in [0.2, 0.25) is 0 Å². The number of nitrogens with zero attached hydrogens (tertiary/aromatic N) is 4. The van der Waals surface area contributed by atoms with Crippen LogP contribution in [0.4, 0.5) is 5.95 Å². The maximum atomic E-state index is 5.54. The van der Waals surface area contributed by atoms with Crippen molar-refractivity contribution >= 4 is 5.95 Å². The van der Waals surface area contributed by atoms with Crippen LogP contribution in [0.15, 0.2) is 54.7 Å². The Bertz CT molecular complexity index is 1020. The van der Waals surface area contributed by atoms with E-state index < -0.39 is 0 Å². The molecular weight excluding hydrogens is 376 g/mol. The lowest BCUT2D eigenvalue weighted by Crippen LogP contribution is -2.33. The Morgan fingerprint density at radius 2 is 1.60 bits per heavy atom. The largest absolute Gasteiger partial charge is 0.496 e.